The molecular weight excluding hydrogens is 1280 g/mol. The number of furan rings is 1. The van der Waals surface area contributed by atoms with Crippen molar-refractivity contribution in [1.29, 1.82) is 0 Å². The maximum absolute atomic E-state index is 9.89. The van der Waals surface area contributed by atoms with Crippen LogP contribution in [0.2, 0.25) is 0 Å². The van der Waals surface area contributed by atoms with E-state index < -0.39 is 43.0 Å². The highest BCUT2D eigenvalue weighted by Crippen LogP contribution is 2.54. The fourth-order valence-electron chi connectivity index (χ4n) is 16.8. The first kappa shape index (κ1) is 56.6. The third-order valence-corrected chi connectivity index (χ3v) is 22.4. The fraction of sp³-hybridized carbons (Fsp3) is 0.160. The summed E-state index contributed by atoms with van der Waals surface area (Å²) in [5.41, 5.74) is 25.4. The van der Waals surface area contributed by atoms with E-state index in [0.717, 1.165) is 128 Å². The first-order chi connectivity index (χ1) is 54.4. The van der Waals surface area contributed by atoms with Gasteiger partial charge in [-0.3, -0.25) is 0 Å². The van der Waals surface area contributed by atoms with Crippen molar-refractivity contribution in [3.8, 4) is 55.9 Å². The molecule has 2 aliphatic rings. The van der Waals surface area contributed by atoms with Crippen LogP contribution in [0.5, 0.6) is 0 Å². The van der Waals surface area contributed by atoms with Gasteiger partial charge in [-0.15, -0.1) is 0 Å². The molecule has 19 rings (SSSR count). The van der Waals surface area contributed by atoms with Crippen LogP contribution in [0, 0.1) is 0 Å². The van der Waals surface area contributed by atoms with E-state index in [1.165, 1.54) is 27.5 Å². The maximum Gasteiger partial charge on any atom is 0.252 e. The molecule has 0 radical (unpaired) electrons. The van der Waals surface area contributed by atoms with Gasteiger partial charge in [-0.1, -0.05) is 289 Å². The summed E-state index contributed by atoms with van der Waals surface area (Å²) in [6.07, 6.45) is 0. The summed E-state index contributed by atoms with van der Waals surface area (Å²) in [5, 5.41) is 4.11. The molecule has 0 N–H and O–H groups in total. The van der Waals surface area contributed by atoms with E-state index in [0.29, 0.717) is 16.9 Å². The molecule has 0 aliphatic carbocycles. The van der Waals surface area contributed by atoms with Gasteiger partial charge in [0.2, 0.25) is 0 Å². The van der Waals surface area contributed by atoms with Crippen molar-refractivity contribution in [3.05, 3.63) is 319 Å². The quantitative estimate of drug-likeness (QED) is 0.142. The van der Waals surface area contributed by atoms with Crippen LogP contribution in [0.3, 0.4) is 0 Å². The van der Waals surface area contributed by atoms with Crippen molar-refractivity contribution < 1.29 is 15.4 Å². The smallest absolute Gasteiger partial charge is 0.252 e. The zero-order valence-electron chi connectivity index (χ0n) is 69.9. The number of rotatable bonds is 8. The molecule has 0 spiro atoms. The van der Waals surface area contributed by atoms with Gasteiger partial charge >= 0.3 is 0 Å². The lowest BCUT2D eigenvalue weighted by atomic mass is 9.33. The SMILES string of the molecule is [2H]c1c([2H])c([2H])c2c(c1[2H])c1c([2H])c([2H])c([2H])c([2H])c1n2-c1ccc2c(c1)N(c1cc(-c3ccc(C(C)(C)C)cc3)cc3oc4ccccc4c13)c1cc(-c3cccc(C(C)(C)C)c3)cc3c1B2c1ccc(-n2c4ccc(C(C)(C)C)cc4c4cc(C(C)(C)C)ccc42)cc1N3c1c(-c2ccccc2)cccc1-c1ccccc1. The number of benzene rings is 14. The number of para-hydroxylation sites is 4. The van der Waals surface area contributed by atoms with Gasteiger partial charge in [-0.25, -0.2) is 0 Å². The Balaban J connectivity index is 1.01. The Bertz CT molecular complexity index is 6740. The summed E-state index contributed by atoms with van der Waals surface area (Å²) in [5.74, 6) is 0. The molecule has 0 saturated heterocycles. The van der Waals surface area contributed by atoms with Crippen molar-refractivity contribution in [2.75, 3.05) is 9.80 Å². The van der Waals surface area contributed by atoms with Crippen LogP contribution < -0.4 is 26.2 Å². The van der Waals surface area contributed by atoms with Gasteiger partial charge in [0, 0.05) is 72.2 Å². The number of nitrogens with zero attached hydrogens (tertiary/aromatic N) is 4. The molecule has 106 heavy (non-hydrogen) atoms. The minimum absolute atomic E-state index is 0.00161. The van der Waals surface area contributed by atoms with Crippen LogP contribution in [-0.4, -0.2) is 15.8 Å². The van der Waals surface area contributed by atoms with Crippen LogP contribution >= 0.6 is 0 Å². The molecule has 2 aliphatic heterocycles. The molecule has 3 aromatic heterocycles. The largest absolute Gasteiger partial charge is 0.456 e. The van der Waals surface area contributed by atoms with Gasteiger partial charge in [0.15, 0.2) is 0 Å². The number of aromatic nitrogens is 2. The zero-order chi connectivity index (χ0) is 79.4. The molecular formula is C100H85BN4O. The summed E-state index contributed by atoms with van der Waals surface area (Å²) in [7, 11) is 0. The lowest BCUT2D eigenvalue weighted by Crippen LogP contribution is -2.61. The Morgan fingerprint density at radius 3 is 1.33 bits per heavy atom. The molecule has 0 saturated carbocycles. The van der Waals surface area contributed by atoms with Crippen molar-refractivity contribution in [1.82, 2.24) is 9.13 Å². The van der Waals surface area contributed by atoms with Gasteiger partial charge < -0.3 is 23.4 Å². The Morgan fingerprint density at radius 2 is 0.764 bits per heavy atom. The Morgan fingerprint density at radius 1 is 0.302 bits per heavy atom. The topological polar surface area (TPSA) is 29.5 Å². The lowest BCUT2D eigenvalue weighted by Gasteiger charge is -2.45. The summed E-state index contributed by atoms with van der Waals surface area (Å²) < 4.78 is 87.2. The zero-order valence-corrected chi connectivity index (χ0v) is 61.9. The van der Waals surface area contributed by atoms with E-state index in [1.807, 2.05) is 18.2 Å². The molecule has 514 valence electrons. The monoisotopic (exact) mass is 1380 g/mol. The molecule has 0 unspecified atom stereocenters. The number of anilines is 6. The van der Waals surface area contributed by atoms with Crippen molar-refractivity contribution in [3.63, 3.8) is 0 Å². The summed E-state index contributed by atoms with van der Waals surface area (Å²) in [4.78, 5) is 4.97. The van der Waals surface area contributed by atoms with Crippen LogP contribution in [0.15, 0.2) is 301 Å². The second kappa shape index (κ2) is 23.8. The average Bonchev–Trinajstić information content (AvgIpc) is 1.42. The van der Waals surface area contributed by atoms with E-state index in [4.69, 9.17) is 7.16 Å². The molecule has 17 aromatic rings. The average molecular weight is 1380 g/mol. The van der Waals surface area contributed by atoms with Gasteiger partial charge in [-0.05, 0) is 185 Å². The molecule has 14 aromatic carbocycles. The van der Waals surface area contributed by atoms with Crippen LogP contribution in [0.1, 0.15) is 116 Å². The Kier molecular flexibility index (Phi) is 12.7. The van der Waals surface area contributed by atoms with Gasteiger partial charge in [0.05, 0.1) is 49.8 Å². The van der Waals surface area contributed by atoms with Crippen LogP contribution in [-0.2, 0) is 21.7 Å². The molecule has 5 nitrogen and oxygen atoms in total. The number of hydrogen-bond donors (Lipinski definition) is 0. The second-order valence-electron chi connectivity index (χ2n) is 33.2. The van der Waals surface area contributed by atoms with E-state index in [-0.39, 0.29) is 55.6 Å². The standard InChI is InChI=1S/C100H85BN4O/c1-97(2,3)68-43-41-62(42-44-68)67-54-89(94-78-35-21-24-40-92(78)106-93(94)57-67)104-87-60-72(102-83-38-22-19-33-76(83)77-34-20-23-39-84(77)102)47-49-81(87)101-82-50-48-73(103-85-51-45-70(99(7,8)9)58-79(85)80-59-71(100(10,11)12)46-52-86(80)103)61-88(82)105(91-56-66(55-90(104)95(91)101)65-31-25-32-69(53-65)98(4,5)6)96-74(63-27-15-13-16-28-63)36-26-37-75(96)64-29-17-14-18-30-64/h13-61H,1-12H3/i19D,20D,22D,23D,33D,34D,38D,39D. The molecule has 0 atom stereocenters. The maximum atomic E-state index is 9.89. The predicted octanol–water partition coefficient (Wildman–Crippen LogP) is 25.7. The van der Waals surface area contributed by atoms with E-state index >= 15 is 0 Å². The highest BCUT2D eigenvalue weighted by atomic mass is 16.3. The first-order valence-corrected chi connectivity index (χ1v) is 37.0. The molecule has 0 fully saturated rings. The molecule has 6 heteroatoms. The number of fused-ring (bicyclic) bond motifs is 13. The van der Waals surface area contributed by atoms with E-state index in [1.54, 1.807) is 4.57 Å². The highest BCUT2D eigenvalue weighted by Gasteiger charge is 2.46. The molecule has 5 heterocycles. The van der Waals surface area contributed by atoms with Crippen LogP contribution in [0.25, 0.3) is 121 Å². The van der Waals surface area contributed by atoms with Crippen LogP contribution in [0.4, 0.5) is 34.1 Å². The van der Waals surface area contributed by atoms with Gasteiger partial charge in [0.1, 0.15) is 11.2 Å². The summed E-state index contributed by atoms with van der Waals surface area (Å²) in [6, 6.07) is 87.2. The number of hydrogen-bond acceptors (Lipinski definition) is 3. The lowest BCUT2D eigenvalue weighted by molar-refractivity contribution is 0.590. The van der Waals surface area contributed by atoms with Crippen molar-refractivity contribution in [2.24, 2.45) is 0 Å². The van der Waals surface area contributed by atoms with E-state index in [2.05, 4.69) is 328 Å². The minimum Gasteiger partial charge on any atom is -0.456 e. The second-order valence-corrected chi connectivity index (χ2v) is 33.2. The normalized spacial score (nSPS) is 14.3. The predicted molar refractivity (Wildman–Crippen MR) is 453 cm³/mol. The Labute approximate surface area is 633 Å². The third-order valence-electron chi connectivity index (χ3n) is 22.4. The third kappa shape index (κ3) is 10.4. The van der Waals surface area contributed by atoms with Gasteiger partial charge in [-0.2, -0.15) is 0 Å². The van der Waals surface area contributed by atoms with E-state index in [9.17, 15) is 8.22 Å². The van der Waals surface area contributed by atoms with Crippen molar-refractivity contribution in [2.45, 2.75) is 105 Å². The fourth-order valence-corrected chi connectivity index (χ4v) is 16.8. The summed E-state index contributed by atoms with van der Waals surface area (Å²) in [6.45, 7) is 26.6. The first-order valence-electron chi connectivity index (χ1n) is 41.0. The molecule has 0 bridgehead atoms. The minimum atomic E-state index is -0.533. The Hall–Kier alpha value is -11.9. The van der Waals surface area contributed by atoms with Gasteiger partial charge in [0.25, 0.3) is 6.71 Å². The molecule has 0 amide bonds. The highest BCUT2D eigenvalue weighted by molar-refractivity contribution is 7.00. The summed E-state index contributed by atoms with van der Waals surface area (Å²) >= 11 is 0. The van der Waals surface area contributed by atoms with Crippen molar-refractivity contribution >= 4 is 123 Å².